The number of nitrogens with zero attached hydrogens (tertiary/aromatic N) is 4. The minimum atomic E-state index is -0.348. The maximum absolute atomic E-state index is 13.8. The van der Waals surface area contributed by atoms with Crippen molar-refractivity contribution in [2.75, 3.05) is 37.6 Å². The molecular weight excluding hydrogens is 323 g/mol. The molecule has 1 aliphatic heterocycles. The number of carbonyl (C=O) groups excluding carboxylic acids is 1. The van der Waals surface area contributed by atoms with Gasteiger partial charge in [-0.1, -0.05) is 6.92 Å². The van der Waals surface area contributed by atoms with Crippen LogP contribution in [0.1, 0.15) is 35.9 Å². The third-order valence-corrected chi connectivity index (χ3v) is 4.61. The van der Waals surface area contributed by atoms with Crippen LogP contribution in [0, 0.1) is 5.82 Å². The SMILES string of the molecule is CCN1CCN(c2ccc(F)cc2[C@@H](C)NC(=O)c2cn[nH]n2)CC1. The lowest BCUT2D eigenvalue weighted by Crippen LogP contribution is -2.46. The molecule has 0 saturated carbocycles. The van der Waals surface area contributed by atoms with E-state index in [1.807, 2.05) is 6.92 Å². The fourth-order valence-corrected chi connectivity index (χ4v) is 3.12. The van der Waals surface area contributed by atoms with Crippen LogP contribution in [0.2, 0.25) is 0 Å². The molecule has 8 heteroatoms. The Morgan fingerprint density at radius 2 is 2.12 bits per heavy atom. The Balaban J connectivity index is 1.78. The number of nitrogens with one attached hydrogen (secondary N) is 2. The normalized spacial score (nSPS) is 16.7. The van der Waals surface area contributed by atoms with Crippen molar-refractivity contribution in [2.45, 2.75) is 19.9 Å². The molecule has 1 saturated heterocycles. The number of amides is 1. The molecule has 134 valence electrons. The van der Waals surface area contributed by atoms with Crippen LogP contribution in [0.4, 0.5) is 10.1 Å². The number of anilines is 1. The van der Waals surface area contributed by atoms with Gasteiger partial charge in [-0.3, -0.25) is 4.79 Å². The number of benzene rings is 1. The van der Waals surface area contributed by atoms with Crippen molar-refractivity contribution in [3.05, 3.63) is 41.5 Å². The molecule has 1 aromatic heterocycles. The van der Waals surface area contributed by atoms with Crippen molar-refractivity contribution in [1.82, 2.24) is 25.6 Å². The van der Waals surface area contributed by atoms with Crippen LogP contribution < -0.4 is 10.2 Å². The van der Waals surface area contributed by atoms with Crippen LogP contribution in [0.25, 0.3) is 0 Å². The van der Waals surface area contributed by atoms with E-state index in [1.165, 1.54) is 18.3 Å². The maximum Gasteiger partial charge on any atom is 0.273 e. The molecule has 2 aromatic rings. The Morgan fingerprint density at radius 1 is 1.36 bits per heavy atom. The average Bonchev–Trinajstić information content (AvgIpc) is 3.16. The number of hydrogen-bond donors (Lipinski definition) is 2. The predicted molar refractivity (Wildman–Crippen MR) is 93.0 cm³/mol. The van der Waals surface area contributed by atoms with Crippen LogP contribution in [0.5, 0.6) is 0 Å². The van der Waals surface area contributed by atoms with Crippen molar-refractivity contribution < 1.29 is 9.18 Å². The first kappa shape index (κ1) is 17.3. The van der Waals surface area contributed by atoms with E-state index in [-0.39, 0.29) is 23.5 Å². The third kappa shape index (κ3) is 3.96. The minimum Gasteiger partial charge on any atom is -0.369 e. The van der Waals surface area contributed by atoms with E-state index in [1.54, 1.807) is 6.07 Å². The highest BCUT2D eigenvalue weighted by Crippen LogP contribution is 2.28. The molecule has 1 fully saturated rings. The van der Waals surface area contributed by atoms with Gasteiger partial charge >= 0.3 is 0 Å². The Labute approximate surface area is 146 Å². The summed E-state index contributed by atoms with van der Waals surface area (Å²) < 4.78 is 13.8. The number of piperazine rings is 1. The van der Waals surface area contributed by atoms with Crippen LogP contribution in [0.15, 0.2) is 24.4 Å². The van der Waals surface area contributed by atoms with E-state index in [0.29, 0.717) is 0 Å². The lowest BCUT2D eigenvalue weighted by molar-refractivity contribution is 0.0934. The van der Waals surface area contributed by atoms with Gasteiger partial charge in [-0.05, 0) is 31.7 Å². The van der Waals surface area contributed by atoms with Gasteiger partial charge in [0.15, 0.2) is 5.69 Å². The number of rotatable bonds is 5. The van der Waals surface area contributed by atoms with Crippen LogP contribution in [-0.4, -0.2) is 58.9 Å². The molecule has 2 heterocycles. The van der Waals surface area contributed by atoms with Crippen LogP contribution in [-0.2, 0) is 0 Å². The summed E-state index contributed by atoms with van der Waals surface area (Å²) in [4.78, 5) is 16.8. The summed E-state index contributed by atoms with van der Waals surface area (Å²) in [7, 11) is 0. The Hall–Kier alpha value is -2.48. The summed E-state index contributed by atoms with van der Waals surface area (Å²) in [5.74, 6) is -0.652. The summed E-state index contributed by atoms with van der Waals surface area (Å²) in [6.45, 7) is 8.76. The topological polar surface area (TPSA) is 77.1 Å². The lowest BCUT2D eigenvalue weighted by Gasteiger charge is -2.37. The van der Waals surface area contributed by atoms with Gasteiger partial charge in [-0.25, -0.2) is 4.39 Å². The maximum atomic E-state index is 13.8. The van der Waals surface area contributed by atoms with Crippen molar-refractivity contribution in [3.63, 3.8) is 0 Å². The first-order chi connectivity index (χ1) is 12.1. The summed E-state index contributed by atoms with van der Waals surface area (Å²) in [5.41, 5.74) is 1.94. The number of aromatic nitrogens is 3. The largest absolute Gasteiger partial charge is 0.369 e. The monoisotopic (exact) mass is 346 g/mol. The second kappa shape index (κ2) is 7.60. The molecule has 0 bridgehead atoms. The lowest BCUT2D eigenvalue weighted by atomic mass is 10.0. The third-order valence-electron chi connectivity index (χ3n) is 4.61. The molecule has 1 aliphatic rings. The van der Waals surface area contributed by atoms with E-state index >= 15 is 0 Å². The summed E-state index contributed by atoms with van der Waals surface area (Å²) in [6.07, 6.45) is 1.36. The smallest absolute Gasteiger partial charge is 0.273 e. The van der Waals surface area contributed by atoms with Crippen molar-refractivity contribution in [1.29, 1.82) is 0 Å². The molecule has 1 aromatic carbocycles. The Kier molecular flexibility index (Phi) is 5.28. The zero-order chi connectivity index (χ0) is 17.8. The Bertz CT molecular complexity index is 712. The number of hydrogen-bond acceptors (Lipinski definition) is 5. The van der Waals surface area contributed by atoms with Gasteiger partial charge in [-0.15, -0.1) is 0 Å². The first-order valence-electron chi connectivity index (χ1n) is 8.52. The molecule has 0 aliphatic carbocycles. The number of likely N-dealkylation sites (N-methyl/N-ethyl adjacent to an activating group) is 1. The number of carbonyl (C=O) groups is 1. The molecule has 7 nitrogen and oxygen atoms in total. The van der Waals surface area contributed by atoms with E-state index < -0.39 is 0 Å². The zero-order valence-electron chi connectivity index (χ0n) is 14.5. The van der Waals surface area contributed by atoms with Gasteiger partial charge in [-0.2, -0.15) is 15.4 Å². The molecule has 3 rings (SSSR count). The second-order valence-electron chi connectivity index (χ2n) is 6.17. The highest BCUT2D eigenvalue weighted by molar-refractivity contribution is 5.92. The second-order valence-corrected chi connectivity index (χ2v) is 6.17. The molecule has 25 heavy (non-hydrogen) atoms. The molecule has 2 N–H and O–H groups in total. The summed E-state index contributed by atoms with van der Waals surface area (Å²) in [6, 6.07) is 4.41. The highest BCUT2D eigenvalue weighted by atomic mass is 19.1. The van der Waals surface area contributed by atoms with E-state index in [9.17, 15) is 9.18 Å². The van der Waals surface area contributed by atoms with Crippen molar-refractivity contribution in [2.24, 2.45) is 0 Å². The molecule has 0 unspecified atom stereocenters. The van der Waals surface area contributed by atoms with E-state index in [4.69, 9.17) is 0 Å². The number of halogens is 1. The first-order valence-corrected chi connectivity index (χ1v) is 8.52. The fourth-order valence-electron chi connectivity index (χ4n) is 3.12. The predicted octanol–water partition coefficient (Wildman–Crippen LogP) is 1.58. The standard InChI is InChI=1S/C17H23FN6O/c1-3-23-6-8-24(9-7-23)16-5-4-13(18)10-14(16)12(2)20-17(25)15-11-19-22-21-15/h4-5,10-12H,3,6-9H2,1-2H3,(H,20,25)(H,19,21,22)/t12-/m1/s1. The Morgan fingerprint density at radius 3 is 2.76 bits per heavy atom. The zero-order valence-corrected chi connectivity index (χ0v) is 14.5. The van der Waals surface area contributed by atoms with E-state index in [0.717, 1.165) is 44.0 Å². The summed E-state index contributed by atoms with van der Waals surface area (Å²) >= 11 is 0. The van der Waals surface area contributed by atoms with Gasteiger partial charge < -0.3 is 15.1 Å². The highest BCUT2D eigenvalue weighted by Gasteiger charge is 2.22. The summed E-state index contributed by atoms with van der Waals surface area (Å²) in [5, 5.41) is 12.7. The molecule has 1 amide bonds. The van der Waals surface area contributed by atoms with Crippen LogP contribution >= 0.6 is 0 Å². The number of H-pyrrole nitrogens is 1. The molecular formula is C17H23FN6O. The van der Waals surface area contributed by atoms with E-state index in [2.05, 4.69) is 37.5 Å². The van der Waals surface area contributed by atoms with Crippen LogP contribution in [0.3, 0.4) is 0 Å². The molecule has 0 spiro atoms. The van der Waals surface area contributed by atoms with Gasteiger partial charge in [0.05, 0.1) is 12.2 Å². The fraction of sp³-hybridized carbons (Fsp3) is 0.471. The quantitative estimate of drug-likeness (QED) is 0.859. The average molecular weight is 346 g/mol. The van der Waals surface area contributed by atoms with Crippen molar-refractivity contribution >= 4 is 11.6 Å². The molecule has 0 radical (unpaired) electrons. The minimum absolute atomic E-state index is 0.210. The molecule has 1 atom stereocenters. The van der Waals surface area contributed by atoms with Crippen molar-refractivity contribution in [3.8, 4) is 0 Å². The van der Waals surface area contributed by atoms with Gasteiger partial charge in [0.25, 0.3) is 5.91 Å². The van der Waals surface area contributed by atoms with Gasteiger partial charge in [0.1, 0.15) is 5.82 Å². The number of aromatic amines is 1. The van der Waals surface area contributed by atoms with Gasteiger partial charge in [0.2, 0.25) is 0 Å². The van der Waals surface area contributed by atoms with Gasteiger partial charge in [0, 0.05) is 37.4 Å².